The molecule has 2 rings (SSSR count). The van der Waals surface area contributed by atoms with Crippen molar-refractivity contribution < 1.29 is 9.53 Å². The number of carbonyl (C=O) groups is 1. The molecular formula is C14H20N2O2. The summed E-state index contributed by atoms with van der Waals surface area (Å²) >= 11 is 0. The molecule has 1 aromatic carbocycles. The highest BCUT2D eigenvalue weighted by atomic mass is 16.5. The highest BCUT2D eigenvalue weighted by Gasteiger charge is 2.25. The molecule has 1 heterocycles. The molecule has 98 valence electrons. The fraction of sp³-hybridized carbons (Fsp3) is 0.500. The van der Waals surface area contributed by atoms with Gasteiger partial charge in [-0.15, -0.1) is 0 Å². The molecule has 0 bridgehead atoms. The Morgan fingerprint density at radius 1 is 1.50 bits per heavy atom. The number of nitrogen functional groups attached to an aromatic ring is 1. The van der Waals surface area contributed by atoms with Crippen LogP contribution in [0.5, 0.6) is 5.75 Å². The number of likely N-dealkylation sites (tertiary alicyclic amines) is 1. The van der Waals surface area contributed by atoms with Crippen LogP contribution in [0.1, 0.15) is 19.8 Å². The molecule has 0 radical (unpaired) electrons. The van der Waals surface area contributed by atoms with Crippen LogP contribution in [0.2, 0.25) is 0 Å². The maximum Gasteiger partial charge on any atom is 0.222 e. The third-order valence-corrected chi connectivity index (χ3v) is 3.11. The number of amides is 1. The molecule has 1 fully saturated rings. The van der Waals surface area contributed by atoms with E-state index in [0.717, 1.165) is 25.3 Å². The minimum Gasteiger partial charge on any atom is -0.493 e. The van der Waals surface area contributed by atoms with E-state index in [1.807, 2.05) is 29.2 Å². The molecule has 0 spiro atoms. The molecule has 1 aromatic rings. The van der Waals surface area contributed by atoms with Crippen LogP contribution in [0.3, 0.4) is 0 Å². The van der Waals surface area contributed by atoms with E-state index in [9.17, 15) is 4.79 Å². The first-order valence-electron chi connectivity index (χ1n) is 6.41. The van der Waals surface area contributed by atoms with Crippen molar-refractivity contribution in [3.63, 3.8) is 0 Å². The van der Waals surface area contributed by atoms with Crippen molar-refractivity contribution in [3.05, 3.63) is 24.3 Å². The van der Waals surface area contributed by atoms with E-state index < -0.39 is 0 Å². The lowest BCUT2D eigenvalue weighted by atomic mass is 10.2. The van der Waals surface area contributed by atoms with Gasteiger partial charge in [-0.2, -0.15) is 0 Å². The number of rotatable bonds is 5. The van der Waals surface area contributed by atoms with E-state index in [1.54, 1.807) is 0 Å². The molecule has 1 aliphatic rings. The molecule has 1 saturated heterocycles. The van der Waals surface area contributed by atoms with E-state index in [4.69, 9.17) is 10.5 Å². The Kier molecular flexibility index (Phi) is 4.07. The van der Waals surface area contributed by atoms with E-state index in [0.29, 0.717) is 24.6 Å². The molecule has 0 saturated carbocycles. The number of benzene rings is 1. The molecule has 0 aromatic heterocycles. The Hall–Kier alpha value is -1.71. The molecule has 1 aliphatic heterocycles. The topological polar surface area (TPSA) is 55.6 Å². The number of anilines is 1. The summed E-state index contributed by atoms with van der Waals surface area (Å²) in [6.07, 6.45) is 1.54. The number of ether oxygens (including phenoxy) is 1. The first-order chi connectivity index (χ1) is 8.65. The van der Waals surface area contributed by atoms with Crippen molar-refractivity contribution in [2.24, 2.45) is 5.92 Å². The minimum atomic E-state index is 0.270. The van der Waals surface area contributed by atoms with Crippen molar-refractivity contribution in [2.45, 2.75) is 19.8 Å². The van der Waals surface area contributed by atoms with Gasteiger partial charge in [0, 0.05) is 31.3 Å². The van der Waals surface area contributed by atoms with Crippen LogP contribution in [0.25, 0.3) is 0 Å². The van der Waals surface area contributed by atoms with Gasteiger partial charge in [0.25, 0.3) is 0 Å². The van der Waals surface area contributed by atoms with Gasteiger partial charge < -0.3 is 15.4 Å². The summed E-state index contributed by atoms with van der Waals surface area (Å²) in [5.74, 6) is 1.55. The fourth-order valence-corrected chi connectivity index (χ4v) is 2.24. The summed E-state index contributed by atoms with van der Waals surface area (Å²) in [6, 6.07) is 7.40. The van der Waals surface area contributed by atoms with Gasteiger partial charge >= 0.3 is 0 Å². The van der Waals surface area contributed by atoms with Gasteiger partial charge in [0.2, 0.25) is 5.91 Å². The number of hydrogen-bond donors (Lipinski definition) is 1. The van der Waals surface area contributed by atoms with E-state index in [-0.39, 0.29) is 5.91 Å². The summed E-state index contributed by atoms with van der Waals surface area (Å²) < 4.78 is 5.59. The number of carbonyl (C=O) groups excluding carboxylic acids is 1. The molecule has 18 heavy (non-hydrogen) atoms. The van der Waals surface area contributed by atoms with Crippen LogP contribution >= 0.6 is 0 Å². The van der Waals surface area contributed by atoms with Crippen LogP contribution in [0.4, 0.5) is 5.69 Å². The van der Waals surface area contributed by atoms with Crippen molar-refractivity contribution in [1.82, 2.24) is 4.90 Å². The number of nitrogens with zero attached hydrogens (tertiary/aromatic N) is 1. The Labute approximate surface area is 108 Å². The normalized spacial score (nSPS) is 19.3. The largest absolute Gasteiger partial charge is 0.493 e. The van der Waals surface area contributed by atoms with Crippen LogP contribution in [0, 0.1) is 5.92 Å². The second-order valence-corrected chi connectivity index (χ2v) is 4.92. The predicted octanol–water partition coefficient (Wildman–Crippen LogP) is 1.91. The van der Waals surface area contributed by atoms with Gasteiger partial charge in [0.05, 0.1) is 6.61 Å². The monoisotopic (exact) mass is 248 g/mol. The Morgan fingerprint density at radius 3 is 3.00 bits per heavy atom. The molecule has 4 heteroatoms. The Balaban J connectivity index is 1.69. The summed E-state index contributed by atoms with van der Waals surface area (Å²) in [5, 5.41) is 0. The summed E-state index contributed by atoms with van der Waals surface area (Å²) in [7, 11) is 0. The zero-order valence-electron chi connectivity index (χ0n) is 10.8. The molecule has 1 amide bonds. The summed E-state index contributed by atoms with van der Waals surface area (Å²) in [4.78, 5) is 13.5. The lowest BCUT2D eigenvalue weighted by Crippen LogP contribution is -2.27. The molecule has 4 nitrogen and oxygen atoms in total. The fourth-order valence-electron chi connectivity index (χ4n) is 2.24. The smallest absolute Gasteiger partial charge is 0.222 e. The standard InChI is InChI=1S/C14H20N2O2/c1-11-8-14(17)16(10-11)6-3-7-18-13-5-2-4-12(15)9-13/h2,4-5,9,11H,3,6-8,10,15H2,1H3. The lowest BCUT2D eigenvalue weighted by Gasteiger charge is -2.16. The zero-order chi connectivity index (χ0) is 13.0. The first kappa shape index (κ1) is 12.7. The van der Waals surface area contributed by atoms with Crippen molar-refractivity contribution in [3.8, 4) is 5.75 Å². The molecule has 1 atom stereocenters. The van der Waals surface area contributed by atoms with Crippen molar-refractivity contribution >= 4 is 11.6 Å². The van der Waals surface area contributed by atoms with Crippen LogP contribution in [-0.2, 0) is 4.79 Å². The third kappa shape index (κ3) is 3.39. The van der Waals surface area contributed by atoms with Crippen molar-refractivity contribution in [1.29, 1.82) is 0 Å². The minimum absolute atomic E-state index is 0.270. The maximum atomic E-state index is 11.6. The summed E-state index contributed by atoms with van der Waals surface area (Å²) in [6.45, 7) is 4.39. The van der Waals surface area contributed by atoms with Gasteiger partial charge in [-0.05, 0) is 24.5 Å². The van der Waals surface area contributed by atoms with Gasteiger partial charge in [-0.3, -0.25) is 4.79 Å². The zero-order valence-corrected chi connectivity index (χ0v) is 10.8. The molecular weight excluding hydrogens is 228 g/mol. The molecule has 2 N–H and O–H groups in total. The van der Waals surface area contributed by atoms with Crippen LogP contribution in [-0.4, -0.2) is 30.5 Å². The lowest BCUT2D eigenvalue weighted by molar-refractivity contribution is -0.127. The third-order valence-electron chi connectivity index (χ3n) is 3.11. The quantitative estimate of drug-likeness (QED) is 0.639. The Bertz CT molecular complexity index is 420. The van der Waals surface area contributed by atoms with E-state index >= 15 is 0 Å². The molecule has 0 aliphatic carbocycles. The summed E-state index contributed by atoms with van der Waals surface area (Å²) in [5.41, 5.74) is 6.37. The van der Waals surface area contributed by atoms with Gasteiger partial charge in [0.15, 0.2) is 0 Å². The second kappa shape index (κ2) is 5.76. The average molecular weight is 248 g/mol. The Morgan fingerprint density at radius 2 is 2.33 bits per heavy atom. The second-order valence-electron chi connectivity index (χ2n) is 4.92. The number of hydrogen-bond acceptors (Lipinski definition) is 3. The predicted molar refractivity (Wildman–Crippen MR) is 71.3 cm³/mol. The van der Waals surface area contributed by atoms with Crippen LogP contribution in [0.15, 0.2) is 24.3 Å². The van der Waals surface area contributed by atoms with Gasteiger partial charge in [0.1, 0.15) is 5.75 Å². The van der Waals surface area contributed by atoms with Crippen molar-refractivity contribution in [2.75, 3.05) is 25.4 Å². The van der Waals surface area contributed by atoms with Gasteiger partial charge in [-0.1, -0.05) is 13.0 Å². The van der Waals surface area contributed by atoms with E-state index in [2.05, 4.69) is 6.92 Å². The molecule has 1 unspecified atom stereocenters. The maximum absolute atomic E-state index is 11.6. The number of nitrogens with two attached hydrogens (primary N) is 1. The highest BCUT2D eigenvalue weighted by molar-refractivity contribution is 5.78. The van der Waals surface area contributed by atoms with Gasteiger partial charge in [-0.25, -0.2) is 0 Å². The SMILES string of the molecule is CC1CC(=O)N(CCCOc2cccc(N)c2)C1. The first-order valence-corrected chi connectivity index (χ1v) is 6.41. The average Bonchev–Trinajstić information content (AvgIpc) is 2.64. The highest BCUT2D eigenvalue weighted by Crippen LogP contribution is 2.17. The van der Waals surface area contributed by atoms with E-state index in [1.165, 1.54) is 0 Å². The van der Waals surface area contributed by atoms with Crippen LogP contribution < -0.4 is 10.5 Å².